The van der Waals surface area contributed by atoms with Gasteiger partial charge in [-0.3, -0.25) is 0 Å². The summed E-state index contributed by atoms with van der Waals surface area (Å²) in [6.07, 6.45) is 7.97. The van der Waals surface area contributed by atoms with E-state index in [4.69, 9.17) is 4.74 Å². The van der Waals surface area contributed by atoms with Crippen molar-refractivity contribution < 1.29 is 4.74 Å². The van der Waals surface area contributed by atoms with Crippen LogP contribution in [0.4, 0.5) is 5.69 Å². The Balaban J connectivity index is 1.42. The van der Waals surface area contributed by atoms with Gasteiger partial charge in [-0.2, -0.15) is 0 Å². The number of aromatic nitrogens is 2. The van der Waals surface area contributed by atoms with Gasteiger partial charge in [0.2, 0.25) is 0 Å². The van der Waals surface area contributed by atoms with Gasteiger partial charge >= 0.3 is 0 Å². The number of hydrogen-bond donors (Lipinski definition) is 0. The molecule has 5 nitrogen and oxygen atoms in total. The average molecular weight is 368 g/mol. The largest absolute Gasteiger partial charge is 0.457 e. The first-order chi connectivity index (χ1) is 13.8. The van der Waals surface area contributed by atoms with E-state index in [0.29, 0.717) is 0 Å². The molecule has 5 heteroatoms. The number of fused-ring (bicyclic) bond motifs is 1. The third-order valence-corrected chi connectivity index (χ3v) is 4.81. The molecule has 0 fully saturated rings. The molecule has 0 radical (unpaired) electrons. The maximum Gasteiger partial charge on any atom is 0.129 e. The molecule has 5 rings (SSSR count). The van der Waals surface area contributed by atoms with Crippen LogP contribution >= 0.6 is 0 Å². The van der Waals surface area contributed by atoms with E-state index < -0.39 is 0 Å². The van der Waals surface area contributed by atoms with Crippen LogP contribution in [0.2, 0.25) is 0 Å². The monoisotopic (exact) mass is 368 g/mol. The Labute approximate surface area is 163 Å². The van der Waals surface area contributed by atoms with E-state index in [1.807, 2.05) is 59.4 Å². The predicted octanol–water partition coefficient (Wildman–Crippen LogP) is 4.97. The molecule has 0 atom stereocenters. The molecule has 2 aromatic carbocycles. The van der Waals surface area contributed by atoms with Gasteiger partial charge in [-0.15, -0.1) is 0 Å². The molecule has 0 saturated heterocycles. The highest BCUT2D eigenvalue weighted by molar-refractivity contribution is 5.77. The van der Waals surface area contributed by atoms with Crippen molar-refractivity contribution in [1.82, 2.24) is 14.3 Å². The SMILES string of the molecule is CN1C=CN(c2cccc(Oc3cccc(-c4ncn5ccccc45)c3)c2)C1. The number of anilines is 1. The average Bonchev–Trinajstić information content (AvgIpc) is 3.35. The first kappa shape index (κ1) is 16.4. The van der Waals surface area contributed by atoms with Crippen molar-refractivity contribution >= 4 is 11.2 Å². The van der Waals surface area contributed by atoms with Gasteiger partial charge in [0, 0.05) is 43.0 Å². The van der Waals surface area contributed by atoms with Crippen molar-refractivity contribution in [3.63, 3.8) is 0 Å². The maximum absolute atomic E-state index is 6.16. The summed E-state index contributed by atoms with van der Waals surface area (Å²) in [5.74, 6) is 1.60. The molecular formula is C23H20N4O. The topological polar surface area (TPSA) is 33.0 Å². The smallest absolute Gasteiger partial charge is 0.129 e. The molecule has 1 aliphatic heterocycles. The highest BCUT2D eigenvalue weighted by Gasteiger charge is 2.12. The second kappa shape index (κ2) is 6.78. The first-order valence-corrected chi connectivity index (χ1v) is 9.21. The van der Waals surface area contributed by atoms with E-state index in [2.05, 4.69) is 58.5 Å². The van der Waals surface area contributed by atoms with Crippen molar-refractivity contribution in [1.29, 1.82) is 0 Å². The van der Waals surface area contributed by atoms with Gasteiger partial charge in [-0.1, -0.05) is 24.3 Å². The summed E-state index contributed by atoms with van der Waals surface area (Å²) in [5.41, 5.74) is 4.16. The van der Waals surface area contributed by atoms with Crippen LogP contribution in [0, 0.1) is 0 Å². The van der Waals surface area contributed by atoms with Gasteiger partial charge in [0.25, 0.3) is 0 Å². The zero-order valence-electron chi connectivity index (χ0n) is 15.6. The fourth-order valence-corrected chi connectivity index (χ4v) is 3.43. The summed E-state index contributed by atoms with van der Waals surface area (Å²) in [6, 6.07) is 22.3. The van der Waals surface area contributed by atoms with Gasteiger partial charge in [0.15, 0.2) is 0 Å². The normalized spacial score (nSPS) is 13.5. The Morgan fingerprint density at radius 1 is 0.893 bits per heavy atom. The zero-order valence-corrected chi connectivity index (χ0v) is 15.6. The molecule has 3 heterocycles. The molecule has 0 unspecified atom stereocenters. The lowest BCUT2D eigenvalue weighted by Crippen LogP contribution is -2.21. The van der Waals surface area contributed by atoms with Gasteiger partial charge in [-0.05, 0) is 36.4 Å². The van der Waals surface area contributed by atoms with Crippen molar-refractivity contribution in [2.24, 2.45) is 0 Å². The second-order valence-corrected chi connectivity index (χ2v) is 6.88. The Hall–Kier alpha value is -3.73. The minimum absolute atomic E-state index is 0.792. The second-order valence-electron chi connectivity index (χ2n) is 6.88. The van der Waals surface area contributed by atoms with Crippen LogP contribution < -0.4 is 9.64 Å². The summed E-state index contributed by atoms with van der Waals surface area (Å²) in [7, 11) is 2.06. The van der Waals surface area contributed by atoms with E-state index in [1.165, 1.54) is 0 Å². The van der Waals surface area contributed by atoms with Crippen molar-refractivity contribution in [3.05, 3.63) is 91.7 Å². The fourth-order valence-electron chi connectivity index (χ4n) is 3.43. The van der Waals surface area contributed by atoms with Crippen molar-refractivity contribution in [2.45, 2.75) is 0 Å². The molecule has 2 aromatic heterocycles. The van der Waals surface area contributed by atoms with Crippen LogP contribution in [0.5, 0.6) is 11.5 Å². The van der Waals surface area contributed by atoms with Gasteiger partial charge in [0.1, 0.15) is 11.5 Å². The predicted molar refractivity (Wildman–Crippen MR) is 111 cm³/mol. The Morgan fingerprint density at radius 3 is 2.61 bits per heavy atom. The van der Waals surface area contributed by atoms with Crippen molar-refractivity contribution in [3.8, 4) is 22.8 Å². The third-order valence-electron chi connectivity index (χ3n) is 4.81. The fraction of sp³-hybridized carbons (Fsp3) is 0.0870. The lowest BCUT2D eigenvalue weighted by molar-refractivity contribution is 0.481. The molecule has 138 valence electrons. The van der Waals surface area contributed by atoms with Gasteiger partial charge in [-0.25, -0.2) is 4.98 Å². The summed E-state index contributed by atoms with van der Waals surface area (Å²) in [6.45, 7) is 0.840. The van der Waals surface area contributed by atoms with Crippen molar-refractivity contribution in [2.75, 3.05) is 18.6 Å². The highest BCUT2D eigenvalue weighted by atomic mass is 16.5. The van der Waals surface area contributed by atoms with E-state index in [0.717, 1.165) is 40.6 Å². The number of hydrogen-bond acceptors (Lipinski definition) is 4. The molecule has 1 aliphatic rings. The van der Waals surface area contributed by atoms with Gasteiger partial charge < -0.3 is 18.9 Å². The number of nitrogens with zero attached hydrogens (tertiary/aromatic N) is 4. The molecule has 0 aliphatic carbocycles. The highest BCUT2D eigenvalue weighted by Crippen LogP contribution is 2.31. The van der Waals surface area contributed by atoms with Crippen LogP contribution in [0.25, 0.3) is 16.8 Å². The van der Waals surface area contributed by atoms with Crippen LogP contribution in [-0.4, -0.2) is 28.0 Å². The zero-order chi connectivity index (χ0) is 18.9. The number of pyridine rings is 1. The Bertz CT molecular complexity index is 1160. The quantitative estimate of drug-likeness (QED) is 0.509. The summed E-state index contributed by atoms with van der Waals surface area (Å²) < 4.78 is 8.18. The molecule has 28 heavy (non-hydrogen) atoms. The third kappa shape index (κ3) is 3.07. The van der Waals surface area contributed by atoms with E-state index in [-0.39, 0.29) is 0 Å². The summed E-state index contributed by atoms with van der Waals surface area (Å²) in [5, 5.41) is 0. The molecule has 0 spiro atoms. The molecule has 0 bridgehead atoms. The van der Waals surface area contributed by atoms with Crippen LogP contribution in [0.15, 0.2) is 91.7 Å². The van der Waals surface area contributed by atoms with Crippen LogP contribution in [0.3, 0.4) is 0 Å². The minimum Gasteiger partial charge on any atom is -0.457 e. The van der Waals surface area contributed by atoms with Gasteiger partial charge in [0.05, 0.1) is 24.2 Å². The van der Waals surface area contributed by atoms with E-state index in [1.54, 1.807) is 0 Å². The lowest BCUT2D eigenvalue weighted by atomic mass is 10.1. The molecule has 0 N–H and O–H groups in total. The Kier molecular flexibility index (Phi) is 3.98. The maximum atomic E-state index is 6.16. The molecule has 0 amide bonds. The lowest BCUT2D eigenvalue weighted by Gasteiger charge is -2.19. The number of imidazole rings is 1. The van der Waals surface area contributed by atoms with E-state index in [9.17, 15) is 0 Å². The molecular weight excluding hydrogens is 348 g/mol. The molecule has 0 saturated carbocycles. The molecule has 4 aromatic rings. The van der Waals surface area contributed by atoms with Crippen LogP contribution in [-0.2, 0) is 0 Å². The van der Waals surface area contributed by atoms with E-state index >= 15 is 0 Å². The first-order valence-electron chi connectivity index (χ1n) is 9.21. The minimum atomic E-state index is 0.792. The van der Waals surface area contributed by atoms with Crippen LogP contribution in [0.1, 0.15) is 0 Å². The number of benzene rings is 2. The Morgan fingerprint density at radius 2 is 1.75 bits per heavy atom. The number of ether oxygens (including phenoxy) is 1. The standard InChI is InChI=1S/C23H20N4O/c1-25-12-13-27(17-25)19-7-5-9-21(15-19)28-20-8-4-6-18(14-20)23-22-10-2-3-11-26(22)16-24-23/h2-16H,17H2,1H3. The summed E-state index contributed by atoms with van der Waals surface area (Å²) >= 11 is 0. The summed E-state index contributed by atoms with van der Waals surface area (Å²) in [4.78, 5) is 8.89. The number of rotatable bonds is 4.